The zero-order valence-electron chi connectivity index (χ0n) is 27.4. The fourth-order valence-corrected chi connectivity index (χ4v) is 7.85. The Bertz CT molecular complexity index is 1880. The van der Waals surface area contributed by atoms with Crippen LogP contribution in [0, 0.1) is 0 Å². The average Bonchev–Trinajstić information content (AvgIpc) is 3.22. The molecular weight excluding hydrogens is 584 g/mol. The van der Waals surface area contributed by atoms with Crippen LogP contribution >= 0.6 is 0 Å². The number of phenolic OH excluding ortho intramolecular Hbond substituents is 6. The summed E-state index contributed by atoms with van der Waals surface area (Å²) in [5.74, 6) is -1.73. The fourth-order valence-electron chi connectivity index (χ4n) is 7.85. The van der Waals surface area contributed by atoms with Crippen LogP contribution < -0.4 is 9.47 Å². The molecule has 0 aliphatic heterocycles. The van der Waals surface area contributed by atoms with Crippen molar-refractivity contribution in [3.8, 4) is 46.0 Å². The van der Waals surface area contributed by atoms with Crippen molar-refractivity contribution in [1.82, 2.24) is 0 Å². The summed E-state index contributed by atoms with van der Waals surface area (Å²) < 4.78 is 11.3. The van der Waals surface area contributed by atoms with Crippen molar-refractivity contribution in [2.75, 3.05) is 14.2 Å². The second-order valence-corrected chi connectivity index (χ2v) is 14.7. The summed E-state index contributed by atoms with van der Waals surface area (Å²) in [4.78, 5) is 0. The molecule has 4 aromatic rings. The monoisotopic (exact) mass is 626 g/mol. The lowest BCUT2D eigenvalue weighted by Gasteiger charge is -2.41. The normalized spacial score (nSPS) is 20.3. The number of methoxy groups -OCH3 is 2. The fraction of sp³-hybridized carbons (Fsp3) is 0.368. The molecule has 242 valence electrons. The van der Waals surface area contributed by atoms with Gasteiger partial charge in [0.1, 0.15) is 23.0 Å². The highest BCUT2D eigenvalue weighted by Crippen LogP contribution is 2.69. The molecule has 2 aliphatic carbocycles. The Balaban J connectivity index is 1.76. The minimum absolute atomic E-state index is 0.0272. The van der Waals surface area contributed by atoms with Gasteiger partial charge >= 0.3 is 0 Å². The first-order chi connectivity index (χ1) is 21.5. The van der Waals surface area contributed by atoms with Gasteiger partial charge in [-0.2, -0.15) is 0 Å². The summed E-state index contributed by atoms with van der Waals surface area (Å²) >= 11 is 0. The lowest BCUT2D eigenvalue weighted by atomic mass is 9.62. The molecule has 2 bridgehead atoms. The van der Waals surface area contributed by atoms with Crippen LogP contribution in [0.1, 0.15) is 110 Å². The smallest absolute Gasteiger partial charge is 0.161 e. The Morgan fingerprint density at radius 2 is 0.935 bits per heavy atom. The van der Waals surface area contributed by atoms with Crippen molar-refractivity contribution in [2.45, 2.75) is 76.0 Å². The van der Waals surface area contributed by atoms with E-state index >= 15 is 0 Å². The van der Waals surface area contributed by atoms with Crippen LogP contribution in [-0.2, 0) is 10.8 Å². The Morgan fingerprint density at radius 1 is 0.500 bits per heavy atom. The molecule has 0 saturated heterocycles. The molecule has 0 fully saturated rings. The minimum atomic E-state index is -0.576. The molecule has 2 aliphatic rings. The summed E-state index contributed by atoms with van der Waals surface area (Å²) in [6.45, 7) is 12.0. The minimum Gasteiger partial charge on any atom is -0.508 e. The number of benzene rings is 4. The molecule has 0 aromatic heterocycles. The van der Waals surface area contributed by atoms with Gasteiger partial charge in [-0.25, -0.2) is 0 Å². The van der Waals surface area contributed by atoms with Gasteiger partial charge < -0.3 is 40.1 Å². The third kappa shape index (κ3) is 4.65. The van der Waals surface area contributed by atoms with Crippen molar-refractivity contribution < 1.29 is 40.1 Å². The second-order valence-electron chi connectivity index (χ2n) is 14.7. The maximum absolute atomic E-state index is 11.6. The van der Waals surface area contributed by atoms with E-state index in [2.05, 4.69) is 0 Å². The average molecular weight is 627 g/mol. The summed E-state index contributed by atoms with van der Waals surface area (Å²) in [7, 11) is 3.00. The topological polar surface area (TPSA) is 140 Å². The van der Waals surface area contributed by atoms with Crippen molar-refractivity contribution in [3.63, 3.8) is 0 Å². The molecule has 0 spiro atoms. The van der Waals surface area contributed by atoms with E-state index in [1.54, 1.807) is 24.3 Å². The highest BCUT2D eigenvalue weighted by molar-refractivity contribution is 5.70. The summed E-state index contributed by atoms with van der Waals surface area (Å²) in [6.07, 6.45) is 0. The highest BCUT2D eigenvalue weighted by atomic mass is 16.5. The van der Waals surface area contributed by atoms with Crippen LogP contribution in [0.3, 0.4) is 0 Å². The van der Waals surface area contributed by atoms with Crippen LogP contribution in [0.4, 0.5) is 0 Å². The third-order valence-corrected chi connectivity index (χ3v) is 9.77. The van der Waals surface area contributed by atoms with Crippen molar-refractivity contribution in [1.29, 1.82) is 0 Å². The Hall–Kier alpha value is -4.72. The van der Waals surface area contributed by atoms with Crippen molar-refractivity contribution in [2.24, 2.45) is 0 Å². The first-order valence-corrected chi connectivity index (χ1v) is 15.4. The van der Waals surface area contributed by atoms with Gasteiger partial charge in [-0.05, 0) is 57.3 Å². The van der Waals surface area contributed by atoms with Gasteiger partial charge in [0.25, 0.3) is 0 Å². The highest BCUT2D eigenvalue weighted by Gasteiger charge is 2.54. The number of ether oxygens (including phenoxy) is 2. The molecule has 46 heavy (non-hydrogen) atoms. The lowest BCUT2D eigenvalue weighted by Crippen LogP contribution is -2.27. The van der Waals surface area contributed by atoms with Gasteiger partial charge in [0.2, 0.25) is 0 Å². The van der Waals surface area contributed by atoms with E-state index in [1.807, 2.05) is 53.7 Å². The van der Waals surface area contributed by atoms with Gasteiger partial charge in [0.05, 0.1) is 14.2 Å². The van der Waals surface area contributed by atoms with E-state index in [1.165, 1.54) is 26.4 Å². The number of phenols is 6. The summed E-state index contributed by atoms with van der Waals surface area (Å²) in [5.41, 5.74) is 4.46. The Kier molecular flexibility index (Phi) is 7.07. The molecule has 0 unspecified atom stereocenters. The Morgan fingerprint density at radius 3 is 1.41 bits per heavy atom. The zero-order chi connectivity index (χ0) is 33.6. The summed E-state index contributed by atoms with van der Waals surface area (Å²) in [6, 6.07) is 13.4. The van der Waals surface area contributed by atoms with Crippen molar-refractivity contribution in [3.05, 3.63) is 93.0 Å². The second kappa shape index (κ2) is 10.4. The van der Waals surface area contributed by atoms with E-state index in [4.69, 9.17) is 9.47 Å². The molecule has 8 nitrogen and oxygen atoms in total. The van der Waals surface area contributed by atoms with Gasteiger partial charge in [-0.15, -0.1) is 0 Å². The zero-order valence-corrected chi connectivity index (χ0v) is 27.4. The van der Waals surface area contributed by atoms with E-state index in [9.17, 15) is 30.6 Å². The molecule has 0 saturated carbocycles. The maximum Gasteiger partial charge on any atom is 0.161 e. The van der Waals surface area contributed by atoms with Crippen LogP contribution in [0.15, 0.2) is 48.5 Å². The maximum atomic E-state index is 11.6. The number of aromatic hydroxyl groups is 6. The lowest BCUT2D eigenvalue weighted by molar-refractivity contribution is 0.359. The molecule has 6 N–H and O–H groups in total. The number of hydrogen-bond donors (Lipinski definition) is 6. The quantitative estimate of drug-likeness (QED) is 0.136. The van der Waals surface area contributed by atoms with Gasteiger partial charge in [0.15, 0.2) is 23.0 Å². The van der Waals surface area contributed by atoms with Gasteiger partial charge in [-0.1, -0.05) is 53.7 Å². The van der Waals surface area contributed by atoms with E-state index < -0.39 is 34.5 Å². The standard InChI is InChI=1S/C38H42O8/c1-37(2,3)23-9-17(11-27(45-7)35(23)43)29-31-21(13-19(39)15-25(31)41)34-30(33(29)22-14-20(40)16-26(42)32(22)34)18-10-24(38(4,5)6)36(44)28(12-18)46-8/h9-16,29-30,33-34,39-44H,1-8H3/t29-,30+,33+,34-/m0/s1. The molecule has 4 aromatic carbocycles. The first-order valence-electron chi connectivity index (χ1n) is 15.4. The molecule has 6 rings (SSSR count). The van der Waals surface area contributed by atoms with Crippen LogP contribution in [-0.4, -0.2) is 44.9 Å². The molecule has 4 atom stereocenters. The molecular formula is C38H42O8. The molecule has 0 radical (unpaired) electrons. The number of fused-ring (bicyclic) bond motifs is 7. The predicted octanol–water partition coefficient (Wildman–Crippen LogP) is 7.69. The largest absolute Gasteiger partial charge is 0.508 e. The van der Waals surface area contributed by atoms with Gasteiger partial charge in [-0.3, -0.25) is 0 Å². The molecule has 8 heteroatoms. The van der Waals surface area contributed by atoms with E-state index in [0.29, 0.717) is 39.1 Å². The Labute approximate surface area is 269 Å². The molecule has 0 heterocycles. The first kappa shape index (κ1) is 31.3. The van der Waals surface area contributed by atoms with Gasteiger partial charge in [0, 0.05) is 58.1 Å². The third-order valence-electron chi connectivity index (χ3n) is 9.77. The number of rotatable bonds is 4. The van der Waals surface area contributed by atoms with E-state index in [-0.39, 0.29) is 40.2 Å². The van der Waals surface area contributed by atoms with E-state index in [0.717, 1.165) is 11.1 Å². The van der Waals surface area contributed by atoms with Crippen LogP contribution in [0.25, 0.3) is 0 Å². The van der Waals surface area contributed by atoms with Crippen LogP contribution in [0.2, 0.25) is 0 Å². The summed E-state index contributed by atoms with van der Waals surface area (Å²) in [5, 5.41) is 67.1. The predicted molar refractivity (Wildman–Crippen MR) is 175 cm³/mol. The molecule has 0 amide bonds. The van der Waals surface area contributed by atoms with Crippen LogP contribution in [0.5, 0.6) is 46.0 Å². The SMILES string of the molecule is COc1cc([C@H]2c3c(O)cc(O)cc3[C@@H]3c4c(O)cc(O)cc4[C@H]2[C@H]3c2cc(OC)c(O)c(C(C)(C)C)c2)cc(C(C)(C)C)c1O. The van der Waals surface area contributed by atoms with Crippen molar-refractivity contribution >= 4 is 0 Å². The number of hydrogen-bond acceptors (Lipinski definition) is 8.